The van der Waals surface area contributed by atoms with Gasteiger partial charge in [0, 0.05) is 35.4 Å². The summed E-state index contributed by atoms with van der Waals surface area (Å²) in [5, 5.41) is 11.2. The van der Waals surface area contributed by atoms with E-state index in [0.717, 1.165) is 5.56 Å². The second-order valence-corrected chi connectivity index (χ2v) is 7.97. The normalized spacial score (nSPS) is 21.5. The van der Waals surface area contributed by atoms with Crippen LogP contribution in [0.2, 0.25) is 0 Å². The fraction of sp³-hybridized carbons (Fsp3) is 0.167. The van der Waals surface area contributed by atoms with Crippen molar-refractivity contribution < 1.29 is 19.2 Å². The topological polar surface area (TPSA) is 93.0 Å². The minimum atomic E-state index is -1.00. The monoisotopic (exact) mass is 429 g/mol. The number of urea groups is 1. The summed E-state index contributed by atoms with van der Waals surface area (Å²) in [7, 11) is 0. The van der Waals surface area contributed by atoms with Gasteiger partial charge in [0.25, 0.3) is 11.6 Å². The minimum Gasteiger partial charge on any atom is -0.467 e. The van der Waals surface area contributed by atoms with Gasteiger partial charge in [-0.3, -0.25) is 24.7 Å². The number of carbonyl (C=O) groups excluding carboxylic acids is 2. The first-order valence-electron chi connectivity index (χ1n) is 10.1. The molecule has 0 radical (unpaired) electrons. The highest BCUT2D eigenvalue weighted by molar-refractivity contribution is 6.10. The van der Waals surface area contributed by atoms with Gasteiger partial charge in [-0.1, -0.05) is 42.5 Å². The highest BCUT2D eigenvalue weighted by Gasteiger charge is 2.55. The van der Waals surface area contributed by atoms with Gasteiger partial charge in [0.1, 0.15) is 5.75 Å². The Bertz CT molecular complexity index is 1250. The average Bonchev–Trinajstić information content (AvgIpc) is 2.79. The first-order chi connectivity index (χ1) is 15.4. The van der Waals surface area contributed by atoms with Crippen LogP contribution in [0.5, 0.6) is 5.75 Å². The van der Waals surface area contributed by atoms with Crippen LogP contribution in [-0.2, 0) is 0 Å². The largest absolute Gasteiger partial charge is 0.467 e. The lowest BCUT2D eigenvalue weighted by Crippen LogP contribution is -2.67. The number of fused-ring (bicyclic) bond motifs is 4. The Morgan fingerprint density at radius 3 is 2.53 bits per heavy atom. The number of amides is 3. The summed E-state index contributed by atoms with van der Waals surface area (Å²) in [6.45, 7) is 1.83. The van der Waals surface area contributed by atoms with Gasteiger partial charge in [-0.25, -0.2) is 4.79 Å². The lowest BCUT2D eigenvalue weighted by molar-refractivity contribution is -0.384. The number of benzene rings is 3. The molecule has 0 aromatic heterocycles. The number of nitro groups is 1. The van der Waals surface area contributed by atoms with E-state index in [2.05, 4.69) is 0 Å². The number of carbonyl (C=O) groups is 2. The number of hydrogen-bond donors (Lipinski definition) is 0. The van der Waals surface area contributed by atoms with E-state index < -0.39 is 28.6 Å². The van der Waals surface area contributed by atoms with E-state index in [9.17, 15) is 19.7 Å². The van der Waals surface area contributed by atoms with Gasteiger partial charge in [0.15, 0.2) is 5.72 Å². The van der Waals surface area contributed by atoms with Crippen molar-refractivity contribution in [1.29, 1.82) is 0 Å². The Balaban J connectivity index is 1.66. The second-order valence-electron chi connectivity index (χ2n) is 7.97. The van der Waals surface area contributed by atoms with Crippen molar-refractivity contribution in [1.82, 2.24) is 4.90 Å². The van der Waals surface area contributed by atoms with Crippen LogP contribution >= 0.6 is 0 Å². The molecule has 0 N–H and O–H groups in total. The second kappa shape index (κ2) is 7.19. The van der Waals surface area contributed by atoms with Crippen LogP contribution in [0.4, 0.5) is 16.2 Å². The summed E-state index contributed by atoms with van der Waals surface area (Å²) in [5.74, 6) is -0.0000856. The lowest BCUT2D eigenvalue weighted by Gasteiger charge is -2.53. The van der Waals surface area contributed by atoms with E-state index in [4.69, 9.17) is 4.74 Å². The summed E-state index contributed by atoms with van der Waals surface area (Å²) in [6, 6.07) is 20.7. The molecule has 160 valence electrons. The quantitative estimate of drug-likeness (QED) is 0.435. The number of non-ortho nitro benzene ring substituents is 1. The van der Waals surface area contributed by atoms with Crippen molar-refractivity contribution in [2.24, 2.45) is 0 Å². The van der Waals surface area contributed by atoms with Crippen LogP contribution in [-0.4, -0.2) is 27.5 Å². The van der Waals surface area contributed by atoms with Crippen LogP contribution in [0.3, 0.4) is 0 Å². The van der Waals surface area contributed by atoms with E-state index in [1.165, 1.54) is 34.1 Å². The van der Waals surface area contributed by atoms with Crippen molar-refractivity contribution in [2.75, 3.05) is 4.90 Å². The van der Waals surface area contributed by atoms with Crippen molar-refractivity contribution in [3.05, 3.63) is 100 Å². The van der Waals surface area contributed by atoms with Crippen molar-refractivity contribution in [3.63, 3.8) is 0 Å². The molecule has 0 spiro atoms. The van der Waals surface area contributed by atoms with E-state index in [0.29, 0.717) is 17.9 Å². The Labute approximate surface area is 183 Å². The Morgan fingerprint density at radius 1 is 1.06 bits per heavy atom. The van der Waals surface area contributed by atoms with Gasteiger partial charge in [0.05, 0.1) is 11.0 Å². The van der Waals surface area contributed by atoms with Gasteiger partial charge in [-0.2, -0.15) is 0 Å². The fourth-order valence-corrected chi connectivity index (χ4v) is 4.49. The molecule has 8 nitrogen and oxygen atoms in total. The van der Waals surface area contributed by atoms with Gasteiger partial charge in [0.2, 0.25) is 0 Å². The zero-order valence-corrected chi connectivity index (χ0v) is 17.2. The summed E-state index contributed by atoms with van der Waals surface area (Å²) in [5.41, 5.74) is 0.182. The molecule has 32 heavy (non-hydrogen) atoms. The number of anilines is 1. The third kappa shape index (κ3) is 2.99. The van der Waals surface area contributed by atoms with Gasteiger partial charge in [-0.05, 0) is 31.2 Å². The number of rotatable bonds is 3. The predicted molar refractivity (Wildman–Crippen MR) is 116 cm³/mol. The average molecular weight is 429 g/mol. The lowest BCUT2D eigenvalue weighted by atomic mass is 9.88. The fourth-order valence-electron chi connectivity index (χ4n) is 4.49. The summed E-state index contributed by atoms with van der Waals surface area (Å²) in [4.78, 5) is 40.7. The zero-order chi connectivity index (χ0) is 22.5. The molecule has 3 aromatic rings. The Hall–Kier alpha value is -4.20. The maximum Gasteiger partial charge on any atom is 0.335 e. The molecule has 2 bridgehead atoms. The predicted octanol–water partition coefficient (Wildman–Crippen LogP) is 4.92. The molecule has 8 heteroatoms. The number of hydrogen-bond acceptors (Lipinski definition) is 5. The molecule has 0 unspecified atom stereocenters. The summed E-state index contributed by atoms with van der Waals surface area (Å²) >= 11 is 0. The van der Waals surface area contributed by atoms with E-state index in [1.54, 1.807) is 12.1 Å². The van der Waals surface area contributed by atoms with Gasteiger partial charge < -0.3 is 4.74 Å². The molecule has 1 fully saturated rings. The standard InChI is InChI=1S/C24H19N3O5/c1-24-15-20(19-12-5-6-13-21(19)32-24)25(23(29)26(24)17-9-3-2-4-10-17)22(28)16-8-7-11-18(14-16)27(30)31/h2-14,20H,15H2,1H3/t20-,24-/m1/s1. The SMILES string of the molecule is C[C@]12C[C@H](c3ccccc3O1)N(C(=O)c1cccc([N+](=O)[O-])c1)C(=O)N2c1ccccc1. The van der Waals surface area contributed by atoms with Crippen LogP contribution in [0, 0.1) is 10.1 Å². The number of ether oxygens (including phenoxy) is 1. The molecule has 1 saturated heterocycles. The first-order valence-corrected chi connectivity index (χ1v) is 10.1. The van der Waals surface area contributed by atoms with Crippen molar-refractivity contribution >= 4 is 23.3 Å². The number of nitrogens with zero attached hydrogens (tertiary/aromatic N) is 3. The van der Waals surface area contributed by atoms with Gasteiger partial charge >= 0.3 is 6.03 Å². The third-order valence-corrected chi connectivity index (χ3v) is 5.90. The van der Waals surface area contributed by atoms with Crippen molar-refractivity contribution in [2.45, 2.75) is 25.1 Å². The van der Waals surface area contributed by atoms with E-state index in [-0.39, 0.29) is 11.3 Å². The summed E-state index contributed by atoms with van der Waals surface area (Å²) < 4.78 is 6.29. The van der Waals surface area contributed by atoms with E-state index in [1.807, 2.05) is 49.4 Å². The van der Waals surface area contributed by atoms with Crippen LogP contribution in [0.1, 0.15) is 35.3 Å². The highest BCUT2D eigenvalue weighted by Crippen LogP contribution is 2.49. The molecule has 0 aliphatic carbocycles. The maximum atomic E-state index is 13.8. The number of imide groups is 1. The minimum absolute atomic E-state index is 0.0770. The first kappa shape index (κ1) is 19.7. The third-order valence-electron chi connectivity index (χ3n) is 5.90. The summed E-state index contributed by atoms with van der Waals surface area (Å²) in [6.07, 6.45) is 0.352. The number of para-hydroxylation sites is 2. The van der Waals surface area contributed by atoms with E-state index >= 15 is 0 Å². The van der Waals surface area contributed by atoms with Crippen LogP contribution < -0.4 is 9.64 Å². The number of nitro benzene ring substituents is 1. The Morgan fingerprint density at radius 2 is 1.78 bits per heavy atom. The molecule has 5 rings (SSSR count). The molecule has 3 aromatic carbocycles. The van der Waals surface area contributed by atoms with Gasteiger partial charge in [-0.15, -0.1) is 0 Å². The maximum absolute atomic E-state index is 13.8. The Kier molecular flexibility index (Phi) is 4.44. The molecule has 0 saturated carbocycles. The molecule has 2 heterocycles. The molecule has 3 amide bonds. The molecule has 2 atom stereocenters. The van der Waals surface area contributed by atoms with Crippen LogP contribution in [0.25, 0.3) is 0 Å². The molecule has 2 aliphatic heterocycles. The molecule has 2 aliphatic rings. The zero-order valence-electron chi connectivity index (χ0n) is 17.2. The smallest absolute Gasteiger partial charge is 0.335 e. The highest BCUT2D eigenvalue weighted by atomic mass is 16.6. The molecular weight excluding hydrogens is 410 g/mol. The van der Waals surface area contributed by atoms with Crippen LogP contribution in [0.15, 0.2) is 78.9 Å². The molecular formula is C24H19N3O5. The van der Waals surface area contributed by atoms with Crippen molar-refractivity contribution in [3.8, 4) is 5.75 Å².